The maximum absolute atomic E-state index is 12.4. The zero-order valence-electron chi connectivity index (χ0n) is 14.7. The summed E-state index contributed by atoms with van der Waals surface area (Å²) in [5.41, 5.74) is 2.48. The number of fused-ring (bicyclic) bond motifs is 1. The second kappa shape index (κ2) is 6.50. The average Bonchev–Trinajstić information content (AvgIpc) is 2.99. The van der Waals surface area contributed by atoms with Gasteiger partial charge < -0.3 is 9.30 Å². The molecule has 0 saturated heterocycles. The summed E-state index contributed by atoms with van der Waals surface area (Å²) in [4.78, 5) is 4.93. The first-order valence-electron chi connectivity index (χ1n) is 7.95. The van der Waals surface area contributed by atoms with E-state index in [1.807, 2.05) is 37.3 Å². The smallest absolute Gasteiger partial charge is 0.242 e. The Hall–Kier alpha value is -2.38. The fourth-order valence-corrected chi connectivity index (χ4v) is 3.71. The molecule has 0 aliphatic carbocycles. The van der Waals surface area contributed by atoms with Crippen LogP contribution in [0.5, 0.6) is 5.75 Å². The van der Waals surface area contributed by atoms with Crippen molar-refractivity contribution in [3.8, 4) is 17.1 Å². The van der Waals surface area contributed by atoms with Crippen molar-refractivity contribution < 1.29 is 13.2 Å². The summed E-state index contributed by atoms with van der Waals surface area (Å²) < 4.78 is 33.3. The molecule has 0 bridgehead atoms. The van der Waals surface area contributed by atoms with Gasteiger partial charge in [0.1, 0.15) is 11.6 Å². The Morgan fingerprint density at radius 2 is 1.92 bits per heavy atom. The molecule has 0 atom stereocenters. The Kier molecular flexibility index (Phi) is 4.53. The van der Waals surface area contributed by atoms with Crippen LogP contribution in [0.2, 0.25) is 0 Å². The number of hydrogen-bond acceptors (Lipinski definition) is 4. The molecule has 0 aliphatic rings. The lowest BCUT2D eigenvalue weighted by Crippen LogP contribution is -2.22. The van der Waals surface area contributed by atoms with Crippen LogP contribution in [0.25, 0.3) is 22.4 Å². The van der Waals surface area contributed by atoms with Gasteiger partial charge in [0.2, 0.25) is 10.0 Å². The SMILES string of the molecule is CCn1c(-c2cccc(OC)c2)nc2cc(S(=O)(=O)N(C)C)ccc21. The summed E-state index contributed by atoms with van der Waals surface area (Å²) in [5.74, 6) is 1.54. The Bertz CT molecular complexity index is 1020. The highest BCUT2D eigenvalue weighted by Gasteiger charge is 2.20. The molecule has 2 aromatic carbocycles. The van der Waals surface area contributed by atoms with Gasteiger partial charge in [-0.3, -0.25) is 0 Å². The van der Waals surface area contributed by atoms with E-state index in [2.05, 4.69) is 9.55 Å². The van der Waals surface area contributed by atoms with Crippen LogP contribution in [0.15, 0.2) is 47.4 Å². The zero-order valence-corrected chi connectivity index (χ0v) is 15.5. The number of benzene rings is 2. The largest absolute Gasteiger partial charge is 0.497 e. The predicted molar refractivity (Wildman–Crippen MR) is 98.3 cm³/mol. The Morgan fingerprint density at radius 1 is 1.16 bits per heavy atom. The molecule has 1 heterocycles. The highest BCUT2D eigenvalue weighted by atomic mass is 32.2. The van der Waals surface area contributed by atoms with Crippen molar-refractivity contribution in [3.63, 3.8) is 0 Å². The van der Waals surface area contributed by atoms with Crippen LogP contribution < -0.4 is 4.74 Å². The van der Waals surface area contributed by atoms with Crippen LogP contribution in [0.3, 0.4) is 0 Å². The highest BCUT2D eigenvalue weighted by molar-refractivity contribution is 7.89. The minimum atomic E-state index is -3.49. The van der Waals surface area contributed by atoms with Crippen molar-refractivity contribution in [1.82, 2.24) is 13.9 Å². The molecule has 132 valence electrons. The van der Waals surface area contributed by atoms with Gasteiger partial charge in [0.15, 0.2) is 0 Å². The zero-order chi connectivity index (χ0) is 18.2. The van der Waals surface area contributed by atoms with Crippen LogP contribution >= 0.6 is 0 Å². The van der Waals surface area contributed by atoms with Crippen LogP contribution in [-0.4, -0.2) is 43.5 Å². The third-order valence-electron chi connectivity index (χ3n) is 4.14. The third-order valence-corrected chi connectivity index (χ3v) is 5.95. The Labute approximate surface area is 147 Å². The van der Waals surface area contributed by atoms with Gasteiger partial charge >= 0.3 is 0 Å². The summed E-state index contributed by atoms with van der Waals surface area (Å²) in [7, 11) is 1.17. The van der Waals surface area contributed by atoms with Crippen molar-refractivity contribution in [1.29, 1.82) is 0 Å². The van der Waals surface area contributed by atoms with Crippen LogP contribution in [0.4, 0.5) is 0 Å². The van der Waals surface area contributed by atoms with E-state index in [9.17, 15) is 8.42 Å². The van der Waals surface area contributed by atoms with E-state index >= 15 is 0 Å². The molecule has 3 rings (SSSR count). The molecule has 1 aromatic heterocycles. The summed E-state index contributed by atoms with van der Waals surface area (Å²) in [5, 5.41) is 0. The first-order chi connectivity index (χ1) is 11.9. The number of hydrogen-bond donors (Lipinski definition) is 0. The number of rotatable bonds is 5. The second-order valence-corrected chi connectivity index (χ2v) is 8.00. The van der Waals surface area contributed by atoms with Gasteiger partial charge in [0.05, 0.1) is 23.0 Å². The van der Waals surface area contributed by atoms with Crippen LogP contribution in [0, 0.1) is 0 Å². The average molecular weight is 359 g/mol. The fourth-order valence-electron chi connectivity index (χ4n) is 2.78. The molecule has 3 aromatic rings. The quantitative estimate of drug-likeness (QED) is 0.702. The van der Waals surface area contributed by atoms with E-state index in [0.29, 0.717) is 5.52 Å². The van der Waals surface area contributed by atoms with Gasteiger partial charge in [-0.05, 0) is 37.3 Å². The standard InChI is InChI=1S/C18H21N3O3S/c1-5-21-17-10-9-15(25(22,23)20(2)3)12-16(17)19-18(21)13-7-6-8-14(11-13)24-4/h6-12H,5H2,1-4H3. The number of imidazole rings is 1. The molecule has 6 nitrogen and oxygen atoms in total. The topological polar surface area (TPSA) is 64.4 Å². The fraction of sp³-hybridized carbons (Fsp3) is 0.278. The van der Waals surface area contributed by atoms with E-state index < -0.39 is 10.0 Å². The number of nitrogens with zero attached hydrogens (tertiary/aromatic N) is 3. The molecular formula is C18H21N3O3S. The summed E-state index contributed by atoms with van der Waals surface area (Å²) in [6.07, 6.45) is 0. The van der Waals surface area contributed by atoms with E-state index in [-0.39, 0.29) is 4.90 Å². The van der Waals surface area contributed by atoms with Gasteiger partial charge in [0.25, 0.3) is 0 Å². The lowest BCUT2D eigenvalue weighted by Gasteiger charge is -2.11. The molecule has 0 unspecified atom stereocenters. The van der Waals surface area contributed by atoms with Gasteiger partial charge in [-0.25, -0.2) is 17.7 Å². The maximum atomic E-state index is 12.4. The summed E-state index contributed by atoms with van der Waals surface area (Å²) >= 11 is 0. The van der Waals surface area contributed by atoms with E-state index in [0.717, 1.165) is 29.2 Å². The van der Waals surface area contributed by atoms with Crippen molar-refractivity contribution in [2.24, 2.45) is 0 Å². The van der Waals surface area contributed by atoms with Gasteiger partial charge in [-0.15, -0.1) is 0 Å². The van der Waals surface area contributed by atoms with Gasteiger partial charge in [-0.2, -0.15) is 0 Å². The summed E-state index contributed by atoms with van der Waals surface area (Å²) in [6.45, 7) is 2.76. The van der Waals surface area contributed by atoms with Gasteiger partial charge in [-0.1, -0.05) is 12.1 Å². The first-order valence-corrected chi connectivity index (χ1v) is 9.39. The van der Waals surface area contributed by atoms with Crippen LogP contribution in [0.1, 0.15) is 6.92 Å². The lowest BCUT2D eigenvalue weighted by atomic mass is 10.2. The number of ether oxygens (including phenoxy) is 1. The molecule has 0 amide bonds. The minimum Gasteiger partial charge on any atom is -0.497 e. The number of sulfonamides is 1. The van der Waals surface area contributed by atoms with E-state index in [1.165, 1.54) is 18.4 Å². The Morgan fingerprint density at radius 3 is 2.56 bits per heavy atom. The molecule has 0 spiro atoms. The summed E-state index contributed by atoms with van der Waals surface area (Å²) in [6, 6.07) is 12.7. The van der Waals surface area contributed by atoms with Crippen molar-refractivity contribution in [2.45, 2.75) is 18.4 Å². The number of aryl methyl sites for hydroxylation is 1. The van der Waals surface area contributed by atoms with E-state index in [4.69, 9.17) is 4.74 Å². The molecule has 0 N–H and O–H groups in total. The lowest BCUT2D eigenvalue weighted by molar-refractivity contribution is 0.415. The predicted octanol–water partition coefficient (Wildman–Crippen LogP) is 2.98. The normalized spacial score (nSPS) is 12.0. The molecule has 0 aliphatic heterocycles. The number of methoxy groups -OCH3 is 1. The molecule has 0 saturated carbocycles. The van der Waals surface area contributed by atoms with Gasteiger partial charge in [0, 0.05) is 26.2 Å². The Balaban J connectivity index is 2.21. The van der Waals surface area contributed by atoms with Crippen molar-refractivity contribution in [2.75, 3.05) is 21.2 Å². The first kappa shape index (κ1) is 17.4. The molecule has 0 fully saturated rings. The van der Waals surface area contributed by atoms with E-state index in [1.54, 1.807) is 19.2 Å². The molecule has 7 heteroatoms. The third kappa shape index (κ3) is 3.01. The van der Waals surface area contributed by atoms with Crippen molar-refractivity contribution >= 4 is 21.1 Å². The molecule has 25 heavy (non-hydrogen) atoms. The molecule has 0 radical (unpaired) electrons. The highest BCUT2D eigenvalue weighted by Crippen LogP contribution is 2.29. The maximum Gasteiger partial charge on any atom is 0.242 e. The molecular weight excluding hydrogens is 338 g/mol. The van der Waals surface area contributed by atoms with Crippen molar-refractivity contribution in [3.05, 3.63) is 42.5 Å². The number of aromatic nitrogens is 2. The second-order valence-electron chi connectivity index (χ2n) is 5.85. The minimum absolute atomic E-state index is 0.239. The van der Waals surface area contributed by atoms with Crippen LogP contribution in [-0.2, 0) is 16.6 Å². The monoisotopic (exact) mass is 359 g/mol.